The van der Waals surface area contributed by atoms with E-state index in [1.165, 1.54) is 0 Å². The van der Waals surface area contributed by atoms with Gasteiger partial charge < -0.3 is 5.73 Å². The maximum atomic E-state index is 11.4. The number of thiocarbonyl (C=S) groups is 1. The second kappa shape index (κ2) is 5.79. The fourth-order valence-electron chi connectivity index (χ4n) is 1.15. The predicted molar refractivity (Wildman–Crippen MR) is 67.6 cm³/mol. The van der Waals surface area contributed by atoms with Crippen molar-refractivity contribution in [3.8, 4) is 0 Å². The summed E-state index contributed by atoms with van der Waals surface area (Å²) in [4.78, 5) is 11.4. The van der Waals surface area contributed by atoms with E-state index in [9.17, 15) is 4.79 Å². The van der Waals surface area contributed by atoms with Crippen LogP contribution >= 0.6 is 23.8 Å². The van der Waals surface area contributed by atoms with Crippen molar-refractivity contribution in [1.82, 2.24) is 5.01 Å². The third-order valence-corrected chi connectivity index (χ3v) is 2.50. The maximum Gasteiger partial charge on any atom is 0.243 e. The van der Waals surface area contributed by atoms with Crippen molar-refractivity contribution in [2.75, 3.05) is 0 Å². The van der Waals surface area contributed by atoms with Crippen LogP contribution in [0.15, 0.2) is 24.3 Å². The van der Waals surface area contributed by atoms with E-state index in [1.54, 1.807) is 12.1 Å². The molecule has 0 saturated carbocycles. The molecule has 0 unspecified atom stereocenters. The van der Waals surface area contributed by atoms with Gasteiger partial charge in [0.15, 0.2) is 5.11 Å². The normalized spacial score (nSPS) is 9.88. The van der Waals surface area contributed by atoms with Gasteiger partial charge in [-0.25, -0.2) is 10.9 Å². The largest absolute Gasteiger partial charge is 0.375 e. The highest BCUT2D eigenvalue weighted by atomic mass is 35.5. The smallest absolute Gasteiger partial charge is 0.243 e. The lowest BCUT2D eigenvalue weighted by molar-refractivity contribution is -0.127. The molecule has 86 valence electrons. The van der Waals surface area contributed by atoms with Crippen LogP contribution in [0.5, 0.6) is 0 Å². The average Bonchev–Trinajstić information content (AvgIpc) is 2.26. The number of halogens is 1. The molecule has 4 nitrogen and oxygen atoms in total. The van der Waals surface area contributed by atoms with Crippen LogP contribution < -0.4 is 11.6 Å². The molecule has 0 heterocycles. The number of hydrazine groups is 1. The molecule has 0 spiro atoms. The molecule has 0 bridgehead atoms. The van der Waals surface area contributed by atoms with Gasteiger partial charge in [0.25, 0.3) is 0 Å². The van der Waals surface area contributed by atoms with Crippen LogP contribution in [-0.4, -0.2) is 16.0 Å². The summed E-state index contributed by atoms with van der Waals surface area (Å²) in [5.41, 5.74) is 6.23. The summed E-state index contributed by atoms with van der Waals surface area (Å²) in [6.45, 7) is 0. The summed E-state index contributed by atoms with van der Waals surface area (Å²) in [6.07, 6.45) is 0.835. The Bertz CT molecular complexity index is 394. The van der Waals surface area contributed by atoms with Gasteiger partial charge in [-0.2, -0.15) is 0 Å². The van der Waals surface area contributed by atoms with E-state index < -0.39 is 0 Å². The fraction of sp³-hybridized carbons (Fsp3) is 0.200. The number of benzene rings is 1. The summed E-state index contributed by atoms with van der Waals surface area (Å²) >= 11 is 10.3. The predicted octanol–water partition coefficient (Wildman–Crippen LogP) is 1.22. The van der Waals surface area contributed by atoms with Crippen LogP contribution in [0.3, 0.4) is 0 Å². The summed E-state index contributed by atoms with van der Waals surface area (Å²) in [6, 6.07) is 7.26. The van der Waals surface area contributed by atoms with Gasteiger partial charge in [0.2, 0.25) is 5.91 Å². The lowest BCUT2D eigenvalue weighted by Crippen LogP contribution is -2.45. The molecule has 1 rings (SSSR count). The summed E-state index contributed by atoms with van der Waals surface area (Å²) in [7, 11) is 0. The van der Waals surface area contributed by atoms with Crippen molar-refractivity contribution in [3.63, 3.8) is 0 Å². The molecular weight excluding hydrogens is 246 g/mol. The molecule has 0 aromatic heterocycles. The van der Waals surface area contributed by atoms with Gasteiger partial charge in [-0.1, -0.05) is 23.7 Å². The zero-order valence-electron chi connectivity index (χ0n) is 8.52. The first-order valence-corrected chi connectivity index (χ1v) is 5.41. The summed E-state index contributed by atoms with van der Waals surface area (Å²) in [5, 5.41) is 1.32. The maximum absolute atomic E-state index is 11.4. The van der Waals surface area contributed by atoms with Crippen molar-refractivity contribution in [2.45, 2.75) is 12.8 Å². The number of nitrogens with two attached hydrogens (primary N) is 2. The van der Waals surface area contributed by atoms with E-state index in [4.69, 9.17) is 23.2 Å². The highest BCUT2D eigenvalue weighted by Gasteiger charge is 2.11. The number of hydrogen-bond acceptors (Lipinski definition) is 3. The van der Waals surface area contributed by atoms with E-state index in [-0.39, 0.29) is 17.4 Å². The van der Waals surface area contributed by atoms with E-state index in [1.807, 2.05) is 12.1 Å². The Labute approximate surface area is 104 Å². The first-order valence-electron chi connectivity index (χ1n) is 4.62. The molecule has 0 aliphatic carbocycles. The second-order valence-corrected chi connectivity index (χ2v) is 4.08. The zero-order chi connectivity index (χ0) is 12.1. The zero-order valence-corrected chi connectivity index (χ0v) is 10.1. The topological polar surface area (TPSA) is 72.3 Å². The van der Waals surface area contributed by atoms with Crippen LogP contribution in [0.1, 0.15) is 12.0 Å². The number of amides is 1. The Hall–Kier alpha value is -1.17. The third kappa shape index (κ3) is 3.77. The monoisotopic (exact) mass is 257 g/mol. The van der Waals surface area contributed by atoms with E-state index in [2.05, 4.69) is 12.2 Å². The number of carbonyl (C=O) groups excluding carboxylic acids is 1. The van der Waals surface area contributed by atoms with Gasteiger partial charge in [-0.3, -0.25) is 4.79 Å². The first-order chi connectivity index (χ1) is 7.50. The highest BCUT2D eigenvalue weighted by molar-refractivity contribution is 7.80. The average molecular weight is 258 g/mol. The van der Waals surface area contributed by atoms with Gasteiger partial charge in [-0.15, -0.1) is 0 Å². The van der Waals surface area contributed by atoms with Gasteiger partial charge in [0.05, 0.1) is 0 Å². The molecule has 16 heavy (non-hydrogen) atoms. The Morgan fingerprint density at radius 3 is 2.44 bits per heavy atom. The third-order valence-electron chi connectivity index (χ3n) is 2.05. The van der Waals surface area contributed by atoms with Crippen molar-refractivity contribution >= 4 is 34.8 Å². The van der Waals surface area contributed by atoms with Crippen LogP contribution in [0, 0.1) is 0 Å². The van der Waals surface area contributed by atoms with Crippen molar-refractivity contribution in [2.24, 2.45) is 11.6 Å². The Morgan fingerprint density at radius 2 is 1.94 bits per heavy atom. The van der Waals surface area contributed by atoms with Gasteiger partial charge in [0, 0.05) is 11.4 Å². The van der Waals surface area contributed by atoms with E-state index >= 15 is 0 Å². The standard InChI is InChI=1S/C10H12ClN3OS/c11-8-4-1-7(2-5-8)3-6-9(15)14(13)10(12)16/h1-2,4-5H,3,6,13H2,(H2,12,16). The molecule has 0 atom stereocenters. The second-order valence-electron chi connectivity index (χ2n) is 3.23. The molecular formula is C10H12ClN3OS. The highest BCUT2D eigenvalue weighted by Crippen LogP contribution is 2.11. The minimum atomic E-state index is -0.303. The number of aryl methyl sites for hydroxylation is 1. The Balaban J connectivity index is 2.49. The molecule has 6 heteroatoms. The molecule has 1 aromatic carbocycles. The minimum absolute atomic E-state index is 0.124. The summed E-state index contributed by atoms with van der Waals surface area (Å²) in [5.74, 6) is 5.04. The van der Waals surface area contributed by atoms with E-state index in [0.29, 0.717) is 11.4 Å². The van der Waals surface area contributed by atoms with Gasteiger partial charge >= 0.3 is 0 Å². The fourth-order valence-corrected chi connectivity index (χ4v) is 1.37. The van der Waals surface area contributed by atoms with Crippen LogP contribution in [0.25, 0.3) is 0 Å². The molecule has 1 amide bonds. The quantitative estimate of drug-likeness (QED) is 0.370. The van der Waals surface area contributed by atoms with Crippen molar-refractivity contribution in [3.05, 3.63) is 34.9 Å². The number of nitrogens with zero attached hydrogens (tertiary/aromatic N) is 1. The molecule has 1 aromatic rings. The number of rotatable bonds is 3. The molecule has 0 aliphatic rings. The molecule has 0 fully saturated rings. The number of hydrogen-bond donors (Lipinski definition) is 2. The lowest BCUT2D eigenvalue weighted by atomic mass is 10.1. The molecule has 0 radical (unpaired) electrons. The van der Waals surface area contributed by atoms with Crippen LogP contribution in [-0.2, 0) is 11.2 Å². The minimum Gasteiger partial charge on any atom is -0.375 e. The molecule has 0 saturated heterocycles. The summed E-state index contributed by atoms with van der Waals surface area (Å²) < 4.78 is 0. The van der Waals surface area contributed by atoms with Crippen molar-refractivity contribution in [1.29, 1.82) is 0 Å². The SMILES string of the molecule is NC(=S)N(N)C(=O)CCc1ccc(Cl)cc1. The number of carbonyl (C=O) groups is 1. The van der Waals surface area contributed by atoms with Crippen molar-refractivity contribution < 1.29 is 4.79 Å². The molecule has 0 aliphatic heterocycles. The van der Waals surface area contributed by atoms with Gasteiger partial charge in [0.1, 0.15) is 0 Å². The van der Waals surface area contributed by atoms with E-state index in [0.717, 1.165) is 10.6 Å². The Kier molecular flexibility index (Phi) is 4.67. The first kappa shape index (κ1) is 12.9. The van der Waals surface area contributed by atoms with Crippen LogP contribution in [0.2, 0.25) is 5.02 Å². The molecule has 4 N–H and O–H groups in total. The Morgan fingerprint density at radius 1 is 1.38 bits per heavy atom. The lowest BCUT2D eigenvalue weighted by Gasteiger charge is -2.13. The van der Waals surface area contributed by atoms with Gasteiger partial charge in [-0.05, 0) is 36.3 Å². The van der Waals surface area contributed by atoms with Crippen LogP contribution in [0.4, 0.5) is 0 Å².